The van der Waals surface area contributed by atoms with Gasteiger partial charge in [-0.05, 0) is 20.1 Å². The summed E-state index contributed by atoms with van der Waals surface area (Å²) < 4.78 is 0. The van der Waals surface area contributed by atoms with Gasteiger partial charge in [-0.15, -0.1) is 0 Å². The highest BCUT2D eigenvalue weighted by atomic mass is 32.2. The zero-order chi connectivity index (χ0) is 10.6. The Morgan fingerprint density at radius 1 is 1.57 bits per heavy atom. The number of carbonyl (C=O) groups is 1. The van der Waals surface area contributed by atoms with E-state index >= 15 is 0 Å². The third kappa shape index (κ3) is 2.70. The van der Waals surface area contributed by atoms with Crippen LogP contribution in [0.25, 0.3) is 0 Å². The highest BCUT2D eigenvalue weighted by molar-refractivity contribution is 7.98. The van der Waals surface area contributed by atoms with E-state index in [1.54, 1.807) is 0 Å². The van der Waals surface area contributed by atoms with E-state index in [4.69, 9.17) is 0 Å². The van der Waals surface area contributed by atoms with Crippen LogP contribution < -0.4 is 5.32 Å². The molecule has 0 aromatic carbocycles. The number of hydrogen-bond donors (Lipinski definition) is 1. The largest absolute Gasteiger partial charge is 0.367 e. The van der Waals surface area contributed by atoms with Crippen LogP contribution >= 0.6 is 11.8 Å². The van der Waals surface area contributed by atoms with Crippen molar-refractivity contribution in [3.63, 3.8) is 0 Å². The molecule has 0 fully saturated rings. The Labute approximate surface area is 87.5 Å². The first-order valence-electron chi connectivity index (χ1n) is 4.30. The maximum absolute atomic E-state index is 10.7. The fraction of sp³-hybridized carbons (Fsp3) is 0.444. The first-order chi connectivity index (χ1) is 6.67. The summed E-state index contributed by atoms with van der Waals surface area (Å²) in [7, 11) is 0. The molecule has 0 saturated heterocycles. The number of nitrogens with one attached hydrogen (secondary N) is 1. The summed E-state index contributed by atoms with van der Waals surface area (Å²) in [6.07, 6.45) is 4.19. The maximum Gasteiger partial charge on any atom is 0.189 e. The lowest BCUT2D eigenvalue weighted by atomic mass is 10.3. The number of aromatic nitrogens is 2. The Morgan fingerprint density at radius 2 is 2.29 bits per heavy atom. The van der Waals surface area contributed by atoms with Crippen molar-refractivity contribution in [3.05, 3.63) is 11.8 Å². The summed E-state index contributed by atoms with van der Waals surface area (Å²) >= 11 is 1.45. The summed E-state index contributed by atoms with van der Waals surface area (Å²) in [5.41, 5.74) is 0.497. The Kier molecular flexibility index (Phi) is 3.88. The summed E-state index contributed by atoms with van der Waals surface area (Å²) in [6.45, 7) is 3.99. The molecule has 0 aliphatic rings. The fourth-order valence-electron chi connectivity index (χ4n) is 0.949. The van der Waals surface area contributed by atoms with E-state index in [0.717, 1.165) is 6.29 Å². The van der Waals surface area contributed by atoms with Crippen LogP contribution in [0, 0.1) is 0 Å². The summed E-state index contributed by atoms with van der Waals surface area (Å²) in [4.78, 5) is 18.9. The van der Waals surface area contributed by atoms with Crippen molar-refractivity contribution in [2.75, 3.05) is 11.6 Å². The Morgan fingerprint density at radius 3 is 2.79 bits per heavy atom. The molecule has 0 aliphatic heterocycles. The lowest BCUT2D eigenvalue weighted by Crippen LogP contribution is -2.13. The highest BCUT2D eigenvalue weighted by Gasteiger charge is 2.06. The molecule has 5 heteroatoms. The van der Waals surface area contributed by atoms with Crippen molar-refractivity contribution in [2.45, 2.75) is 25.0 Å². The van der Waals surface area contributed by atoms with Crippen molar-refractivity contribution in [2.24, 2.45) is 0 Å². The van der Waals surface area contributed by atoms with Crippen molar-refractivity contribution < 1.29 is 4.79 Å². The number of thioether (sulfide) groups is 1. The lowest BCUT2D eigenvalue weighted by Gasteiger charge is -2.10. The molecule has 1 aromatic heterocycles. The van der Waals surface area contributed by atoms with Crippen LogP contribution in [-0.2, 0) is 0 Å². The highest BCUT2D eigenvalue weighted by Crippen LogP contribution is 2.15. The monoisotopic (exact) mass is 211 g/mol. The smallest absolute Gasteiger partial charge is 0.189 e. The minimum absolute atomic E-state index is 0.248. The predicted molar refractivity (Wildman–Crippen MR) is 58.0 cm³/mol. The van der Waals surface area contributed by atoms with Gasteiger partial charge in [0.25, 0.3) is 0 Å². The molecule has 0 bridgehead atoms. The summed E-state index contributed by atoms with van der Waals surface area (Å²) in [5.74, 6) is 0.606. The molecular weight excluding hydrogens is 198 g/mol. The van der Waals surface area contributed by atoms with Gasteiger partial charge in [-0.25, -0.2) is 9.97 Å². The van der Waals surface area contributed by atoms with Crippen molar-refractivity contribution >= 4 is 23.9 Å². The van der Waals surface area contributed by atoms with Crippen molar-refractivity contribution in [1.29, 1.82) is 0 Å². The molecule has 0 amide bonds. The molecule has 0 aliphatic carbocycles. The van der Waals surface area contributed by atoms with E-state index in [2.05, 4.69) is 15.3 Å². The van der Waals surface area contributed by atoms with Crippen LogP contribution in [0.4, 0.5) is 5.82 Å². The second-order valence-electron chi connectivity index (χ2n) is 3.08. The molecule has 1 aromatic rings. The normalized spacial score (nSPS) is 10.3. The van der Waals surface area contributed by atoms with Gasteiger partial charge in [0.1, 0.15) is 5.82 Å². The van der Waals surface area contributed by atoms with Crippen LogP contribution in [0.15, 0.2) is 11.4 Å². The molecular formula is C9H13N3OS. The second kappa shape index (κ2) is 4.95. The molecule has 14 heavy (non-hydrogen) atoms. The van der Waals surface area contributed by atoms with Crippen LogP contribution in [0.2, 0.25) is 0 Å². The van der Waals surface area contributed by atoms with E-state index in [0.29, 0.717) is 16.5 Å². The molecule has 0 spiro atoms. The van der Waals surface area contributed by atoms with Crippen LogP contribution in [0.1, 0.15) is 24.2 Å². The van der Waals surface area contributed by atoms with E-state index < -0.39 is 0 Å². The van der Waals surface area contributed by atoms with E-state index in [9.17, 15) is 4.79 Å². The SMILES string of the molecule is CSc1ncc(C=O)c(NC(C)C)n1. The van der Waals surface area contributed by atoms with Crippen molar-refractivity contribution in [1.82, 2.24) is 9.97 Å². The maximum atomic E-state index is 10.7. The molecule has 1 rings (SSSR count). The zero-order valence-electron chi connectivity index (χ0n) is 8.44. The van der Waals surface area contributed by atoms with Gasteiger partial charge in [0.2, 0.25) is 0 Å². The molecule has 4 nitrogen and oxygen atoms in total. The molecule has 1 N–H and O–H groups in total. The van der Waals surface area contributed by atoms with Gasteiger partial charge in [-0.2, -0.15) is 0 Å². The number of anilines is 1. The van der Waals surface area contributed by atoms with Crippen LogP contribution in [0.5, 0.6) is 0 Å². The van der Waals surface area contributed by atoms with Crippen LogP contribution in [0.3, 0.4) is 0 Å². The van der Waals surface area contributed by atoms with Gasteiger partial charge < -0.3 is 5.32 Å². The topological polar surface area (TPSA) is 54.9 Å². The second-order valence-corrected chi connectivity index (χ2v) is 3.85. The lowest BCUT2D eigenvalue weighted by molar-refractivity contribution is 0.112. The Bertz CT molecular complexity index is 328. The van der Waals surface area contributed by atoms with Gasteiger partial charge in [0.15, 0.2) is 11.4 Å². The van der Waals surface area contributed by atoms with Crippen LogP contribution in [-0.4, -0.2) is 28.6 Å². The van der Waals surface area contributed by atoms with Gasteiger partial charge in [0.05, 0.1) is 5.56 Å². The van der Waals surface area contributed by atoms with Gasteiger partial charge in [0, 0.05) is 12.2 Å². The number of nitrogens with zero attached hydrogens (tertiary/aromatic N) is 2. The molecule has 0 radical (unpaired) electrons. The van der Waals surface area contributed by atoms with E-state index in [-0.39, 0.29) is 6.04 Å². The average molecular weight is 211 g/mol. The summed E-state index contributed by atoms with van der Waals surface area (Å²) in [5, 5.41) is 3.77. The van der Waals surface area contributed by atoms with E-state index in [1.807, 2.05) is 20.1 Å². The number of rotatable bonds is 4. The van der Waals surface area contributed by atoms with E-state index in [1.165, 1.54) is 18.0 Å². The third-order valence-corrected chi connectivity index (χ3v) is 2.09. The molecule has 0 unspecified atom stereocenters. The molecule has 1 heterocycles. The quantitative estimate of drug-likeness (QED) is 0.468. The fourth-order valence-corrected chi connectivity index (χ4v) is 1.29. The minimum Gasteiger partial charge on any atom is -0.367 e. The van der Waals surface area contributed by atoms with Gasteiger partial charge >= 0.3 is 0 Å². The Hall–Kier alpha value is -1.10. The molecule has 0 saturated carbocycles. The Balaban J connectivity index is 3.01. The summed E-state index contributed by atoms with van der Waals surface area (Å²) in [6, 6.07) is 0.248. The zero-order valence-corrected chi connectivity index (χ0v) is 9.26. The standard InChI is InChI=1S/C9H13N3OS/c1-6(2)11-8-7(5-13)4-10-9(12-8)14-3/h4-6H,1-3H3,(H,10,11,12). The van der Waals surface area contributed by atoms with Gasteiger partial charge in [-0.3, -0.25) is 4.79 Å². The first kappa shape index (κ1) is 11.0. The third-order valence-electron chi connectivity index (χ3n) is 1.53. The average Bonchev–Trinajstić information content (AvgIpc) is 2.16. The minimum atomic E-state index is 0.248. The number of carbonyl (C=O) groups excluding carboxylic acids is 1. The molecule has 76 valence electrons. The van der Waals surface area contributed by atoms with Crippen molar-refractivity contribution in [3.8, 4) is 0 Å². The number of aldehydes is 1. The predicted octanol–water partition coefficient (Wildman–Crippen LogP) is 1.83. The molecule has 0 atom stereocenters. The number of hydrogen-bond acceptors (Lipinski definition) is 5. The first-order valence-corrected chi connectivity index (χ1v) is 5.52. The van der Waals surface area contributed by atoms with Gasteiger partial charge in [-0.1, -0.05) is 11.8 Å².